The monoisotopic (exact) mass is 422 g/mol. The molecule has 8 heteroatoms. The van der Waals surface area contributed by atoms with Gasteiger partial charge in [-0.25, -0.2) is 0 Å². The molecule has 0 radical (unpaired) electrons. The molecule has 24 heavy (non-hydrogen) atoms. The average molecular weight is 423 g/mol. The van der Waals surface area contributed by atoms with Crippen LogP contribution in [0.4, 0.5) is 5.13 Å². The van der Waals surface area contributed by atoms with Gasteiger partial charge < -0.3 is 10.3 Å². The molecular formula is C16H15BrN4OS2. The minimum Gasteiger partial charge on any atom is -0.374 e. The quantitative estimate of drug-likeness (QED) is 0.490. The summed E-state index contributed by atoms with van der Waals surface area (Å²) in [5.41, 5.74) is 9.31. The first-order chi connectivity index (χ1) is 11.5. The van der Waals surface area contributed by atoms with Crippen LogP contribution in [0.3, 0.4) is 0 Å². The number of aromatic nitrogens is 3. The van der Waals surface area contributed by atoms with Gasteiger partial charge in [-0.1, -0.05) is 39.0 Å². The maximum atomic E-state index is 12.6. The number of anilines is 1. The molecule has 0 unspecified atom stereocenters. The number of halogens is 1. The van der Waals surface area contributed by atoms with Gasteiger partial charge in [-0.05, 0) is 44.2 Å². The number of nitrogens with two attached hydrogens (primary N) is 1. The highest BCUT2D eigenvalue weighted by Crippen LogP contribution is 2.27. The van der Waals surface area contributed by atoms with E-state index >= 15 is 0 Å². The summed E-state index contributed by atoms with van der Waals surface area (Å²) in [4.78, 5) is 12.6. The minimum atomic E-state index is 0.0743. The van der Waals surface area contributed by atoms with E-state index in [2.05, 4.69) is 30.7 Å². The number of carbonyl (C=O) groups is 1. The molecule has 0 saturated heterocycles. The number of benzene rings is 1. The molecule has 0 fully saturated rings. The van der Waals surface area contributed by atoms with Crippen molar-refractivity contribution < 1.29 is 4.79 Å². The SMILES string of the molecule is Cc1cc(C(=O)CSc2nnc(N)s2)c(C)n1-c1ccc(Br)cc1. The molecule has 0 aliphatic carbocycles. The van der Waals surface area contributed by atoms with Gasteiger partial charge in [0.2, 0.25) is 5.13 Å². The van der Waals surface area contributed by atoms with Gasteiger partial charge in [0.05, 0.1) is 5.75 Å². The van der Waals surface area contributed by atoms with Crippen LogP contribution in [-0.4, -0.2) is 26.3 Å². The highest BCUT2D eigenvalue weighted by Gasteiger charge is 2.17. The van der Waals surface area contributed by atoms with Crippen molar-refractivity contribution in [3.05, 3.63) is 51.8 Å². The Morgan fingerprint density at radius 3 is 2.62 bits per heavy atom. The van der Waals surface area contributed by atoms with Crippen LogP contribution in [0.1, 0.15) is 21.7 Å². The second-order valence-electron chi connectivity index (χ2n) is 5.21. The summed E-state index contributed by atoms with van der Waals surface area (Å²) >= 11 is 6.10. The van der Waals surface area contributed by atoms with Gasteiger partial charge in [-0.15, -0.1) is 10.2 Å². The van der Waals surface area contributed by atoms with Gasteiger partial charge in [0.15, 0.2) is 10.1 Å². The smallest absolute Gasteiger partial charge is 0.203 e. The molecule has 0 saturated carbocycles. The lowest BCUT2D eigenvalue weighted by molar-refractivity contribution is 0.102. The highest BCUT2D eigenvalue weighted by atomic mass is 79.9. The molecule has 3 rings (SSSR count). The van der Waals surface area contributed by atoms with Gasteiger partial charge in [-0.3, -0.25) is 4.79 Å². The first-order valence-corrected chi connectivity index (χ1v) is 9.75. The molecule has 0 aliphatic heterocycles. The van der Waals surface area contributed by atoms with Crippen molar-refractivity contribution in [3.63, 3.8) is 0 Å². The second-order valence-corrected chi connectivity index (χ2v) is 8.36. The molecule has 2 N–H and O–H groups in total. The van der Waals surface area contributed by atoms with Gasteiger partial charge in [-0.2, -0.15) is 0 Å². The third-order valence-corrected chi connectivity index (χ3v) is 5.98. The normalized spacial score (nSPS) is 11.0. The summed E-state index contributed by atoms with van der Waals surface area (Å²) in [5, 5.41) is 8.10. The number of Topliss-reactive ketones (excluding diaryl/α,β-unsaturated/α-hetero) is 1. The molecule has 3 aromatic rings. The third-order valence-electron chi connectivity index (χ3n) is 3.57. The minimum absolute atomic E-state index is 0.0743. The van der Waals surface area contributed by atoms with E-state index in [9.17, 15) is 4.79 Å². The lowest BCUT2D eigenvalue weighted by atomic mass is 10.2. The third kappa shape index (κ3) is 3.55. The van der Waals surface area contributed by atoms with E-state index in [1.54, 1.807) is 0 Å². The Labute approximate surface area is 156 Å². The molecule has 124 valence electrons. The summed E-state index contributed by atoms with van der Waals surface area (Å²) in [7, 11) is 0. The van der Waals surface area contributed by atoms with Crippen LogP contribution < -0.4 is 5.73 Å². The summed E-state index contributed by atoms with van der Waals surface area (Å²) < 4.78 is 3.83. The first kappa shape index (κ1) is 17.2. The fraction of sp³-hybridized carbons (Fsp3) is 0.188. The van der Waals surface area contributed by atoms with E-state index in [-0.39, 0.29) is 5.78 Å². The Morgan fingerprint density at radius 2 is 2.00 bits per heavy atom. The number of hydrogen-bond donors (Lipinski definition) is 1. The van der Waals surface area contributed by atoms with E-state index in [0.29, 0.717) is 15.2 Å². The van der Waals surface area contributed by atoms with Crippen LogP contribution in [0.5, 0.6) is 0 Å². The van der Waals surface area contributed by atoms with Gasteiger partial charge in [0.25, 0.3) is 0 Å². The Morgan fingerprint density at radius 1 is 1.29 bits per heavy atom. The van der Waals surface area contributed by atoms with E-state index in [1.165, 1.54) is 23.1 Å². The van der Waals surface area contributed by atoms with Crippen molar-refractivity contribution in [2.45, 2.75) is 18.2 Å². The molecule has 0 atom stereocenters. The zero-order valence-electron chi connectivity index (χ0n) is 13.1. The average Bonchev–Trinajstić information content (AvgIpc) is 3.09. The molecule has 0 amide bonds. The van der Waals surface area contributed by atoms with Crippen molar-refractivity contribution in [1.29, 1.82) is 0 Å². The number of rotatable bonds is 5. The molecule has 1 aromatic carbocycles. The van der Waals surface area contributed by atoms with E-state index in [4.69, 9.17) is 5.73 Å². The van der Waals surface area contributed by atoms with E-state index < -0.39 is 0 Å². The maximum Gasteiger partial charge on any atom is 0.203 e. The van der Waals surface area contributed by atoms with Crippen molar-refractivity contribution in [1.82, 2.24) is 14.8 Å². The molecule has 2 heterocycles. The predicted molar refractivity (Wildman–Crippen MR) is 102 cm³/mol. The molecule has 0 bridgehead atoms. The molecule has 0 spiro atoms. The Balaban J connectivity index is 1.82. The second kappa shape index (κ2) is 7.08. The summed E-state index contributed by atoms with van der Waals surface area (Å²) in [6.07, 6.45) is 0. The van der Waals surface area contributed by atoms with Crippen LogP contribution >= 0.6 is 39.0 Å². The predicted octanol–water partition coefficient (Wildman–Crippen LogP) is 4.27. The topological polar surface area (TPSA) is 73.8 Å². The van der Waals surface area contributed by atoms with Crippen LogP contribution in [0.25, 0.3) is 5.69 Å². The molecule has 5 nitrogen and oxygen atoms in total. The molecule has 2 aromatic heterocycles. The largest absolute Gasteiger partial charge is 0.374 e. The van der Waals surface area contributed by atoms with E-state index in [1.807, 2.05) is 44.2 Å². The standard InChI is InChI=1S/C16H15BrN4OS2/c1-9-7-13(14(22)8-23-16-20-19-15(18)24-16)10(2)21(9)12-5-3-11(17)4-6-12/h3-7H,8H2,1-2H3,(H2,18,19). The molecular weight excluding hydrogens is 408 g/mol. The highest BCUT2D eigenvalue weighted by molar-refractivity contribution is 9.10. The van der Waals surface area contributed by atoms with Gasteiger partial charge >= 0.3 is 0 Å². The van der Waals surface area contributed by atoms with Crippen LogP contribution in [0, 0.1) is 13.8 Å². The lowest BCUT2D eigenvalue weighted by Gasteiger charge is -2.10. The zero-order chi connectivity index (χ0) is 17.3. The van der Waals surface area contributed by atoms with Crippen LogP contribution in [0.2, 0.25) is 0 Å². The van der Waals surface area contributed by atoms with Crippen molar-refractivity contribution >= 4 is 49.9 Å². The van der Waals surface area contributed by atoms with Crippen molar-refractivity contribution in [2.24, 2.45) is 0 Å². The number of nitrogens with zero attached hydrogens (tertiary/aromatic N) is 3. The summed E-state index contributed by atoms with van der Waals surface area (Å²) in [6, 6.07) is 9.97. The fourth-order valence-electron chi connectivity index (χ4n) is 2.52. The Kier molecular flexibility index (Phi) is 5.07. The maximum absolute atomic E-state index is 12.6. The number of hydrogen-bond acceptors (Lipinski definition) is 6. The number of thioether (sulfide) groups is 1. The number of ketones is 1. The van der Waals surface area contributed by atoms with Crippen molar-refractivity contribution in [2.75, 3.05) is 11.5 Å². The van der Waals surface area contributed by atoms with Crippen molar-refractivity contribution in [3.8, 4) is 5.69 Å². The van der Waals surface area contributed by atoms with Crippen LogP contribution in [0.15, 0.2) is 39.1 Å². The van der Waals surface area contributed by atoms with E-state index in [0.717, 1.165) is 27.1 Å². The fourth-order valence-corrected chi connectivity index (χ4v) is 4.30. The summed E-state index contributed by atoms with van der Waals surface area (Å²) in [6.45, 7) is 3.97. The molecule has 0 aliphatic rings. The number of nitrogen functional groups attached to an aromatic ring is 1. The number of aryl methyl sites for hydroxylation is 1. The Hall–Kier alpha value is -1.64. The summed E-state index contributed by atoms with van der Waals surface area (Å²) in [5.74, 6) is 0.393. The van der Waals surface area contributed by atoms with Gasteiger partial charge in [0.1, 0.15) is 0 Å². The van der Waals surface area contributed by atoms with Gasteiger partial charge in [0, 0.05) is 27.1 Å². The first-order valence-electron chi connectivity index (χ1n) is 7.15. The Bertz CT molecular complexity index is 886. The number of carbonyl (C=O) groups excluding carboxylic acids is 1. The van der Waals surface area contributed by atoms with Crippen LogP contribution in [-0.2, 0) is 0 Å². The lowest BCUT2D eigenvalue weighted by Crippen LogP contribution is -2.05. The zero-order valence-corrected chi connectivity index (χ0v) is 16.3.